The van der Waals surface area contributed by atoms with Gasteiger partial charge in [0.25, 0.3) is 11.9 Å². The molecule has 0 aromatic heterocycles. The molecule has 0 aliphatic carbocycles. The quantitative estimate of drug-likeness (QED) is 0.248. The molecule has 10 heteroatoms. The number of rotatable bonds is 10. The Morgan fingerprint density at radius 1 is 1.26 bits per heavy atom. The molecule has 0 heterocycles. The highest BCUT2D eigenvalue weighted by molar-refractivity contribution is 5.73. The van der Waals surface area contributed by atoms with Gasteiger partial charge in [0.05, 0.1) is 4.92 Å². The number of carbonyl (C=O) groups is 1. The molecule has 1 rings (SSSR count). The fourth-order valence-corrected chi connectivity index (χ4v) is 2.11. The number of hydrogen-bond donors (Lipinski definition) is 3. The number of hydrogen-bond acceptors (Lipinski definition) is 7. The van der Waals surface area contributed by atoms with Crippen LogP contribution in [0.4, 0.5) is 5.69 Å². The molecule has 0 saturated heterocycles. The summed E-state index contributed by atoms with van der Waals surface area (Å²) in [6, 6.07) is 3.98. The van der Waals surface area contributed by atoms with Gasteiger partial charge in [-0.1, -0.05) is 18.6 Å². The highest BCUT2D eigenvalue weighted by atomic mass is 16.6. The van der Waals surface area contributed by atoms with E-state index in [4.69, 9.17) is 5.73 Å². The summed E-state index contributed by atoms with van der Waals surface area (Å²) in [4.78, 5) is 32.0. The topological polar surface area (TPSA) is 162 Å². The van der Waals surface area contributed by atoms with E-state index in [0.29, 0.717) is 19.4 Å². The number of benzene rings is 1. The maximum atomic E-state index is 11.3. The molecule has 0 aliphatic heterocycles. The van der Waals surface area contributed by atoms with Crippen LogP contribution in [0.3, 0.4) is 0 Å². The van der Waals surface area contributed by atoms with Crippen molar-refractivity contribution in [2.24, 2.45) is 5.73 Å². The highest BCUT2D eigenvalue weighted by Crippen LogP contribution is 2.26. The van der Waals surface area contributed by atoms with Crippen molar-refractivity contribution in [3.05, 3.63) is 50.1 Å². The Kier molecular flexibility index (Phi) is 7.03. The third-order valence-electron chi connectivity index (χ3n) is 3.24. The van der Waals surface area contributed by atoms with Gasteiger partial charge in [-0.2, -0.15) is 0 Å². The minimum absolute atomic E-state index is 0.136. The first-order valence-corrected chi connectivity index (χ1v) is 6.94. The van der Waals surface area contributed by atoms with Gasteiger partial charge in [0.15, 0.2) is 0 Å². The number of nitro groups is 2. The van der Waals surface area contributed by atoms with E-state index in [1.54, 1.807) is 0 Å². The summed E-state index contributed by atoms with van der Waals surface area (Å²) in [6.45, 7) is 0.384. The number of nitrogens with two attached hydrogens (primary N) is 1. The van der Waals surface area contributed by atoms with E-state index < -0.39 is 33.7 Å². The Balaban J connectivity index is 3.04. The molecular formula is C13H18N4O6. The molecule has 1 aromatic rings. The van der Waals surface area contributed by atoms with Crippen LogP contribution in [0.1, 0.15) is 31.0 Å². The lowest BCUT2D eigenvalue weighted by Crippen LogP contribution is -2.42. The van der Waals surface area contributed by atoms with Gasteiger partial charge in [-0.05, 0) is 25.5 Å². The molecule has 0 radical (unpaired) electrons. The highest BCUT2D eigenvalue weighted by Gasteiger charge is 2.34. The summed E-state index contributed by atoms with van der Waals surface area (Å²) in [7, 11) is 0. The third kappa shape index (κ3) is 5.27. The van der Waals surface area contributed by atoms with E-state index in [0.717, 1.165) is 6.07 Å². The van der Waals surface area contributed by atoms with Crippen LogP contribution in [0.2, 0.25) is 0 Å². The van der Waals surface area contributed by atoms with Crippen molar-refractivity contribution in [2.75, 3.05) is 6.54 Å². The van der Waals surface area contributed by atoms with Gasteiger partial charge in [-0.15, -0.1) is 0 Å². The molecule has 2 unspecified atom stereocenters. The number of unbranched alkanes of at least 4 members (excludes halogenated alkanes) is 1. The van der Waals surface area contributed by atoms with Crippen molar-refractivity contribution in [2.45, 2.75) is 31.5 Å². The molecule has 0 aliphatic rings. The van der Waals surface area contributed by atoms with Crippen LogP contribution in [0.25, 0.3) is 0 Å². The van der Waals surface area contributed by atoms with Gasteiger partial charge < -0.3 is 10.8 Å². The smallest absolute Gasteiger partial charge is 0.320 e. The number of carboxylic acids is 1. The molecule has 126 valence electrons. The zero-order valence-corrected chi connectivity index (χ0v) is 12.3. The van der Waals surface area contributed by atoms with Gasteiger partial charge in [0.1, 0.15) is 11.6 Å². The van der Waals surface area contributed by atoms with Crippen molar-refractivity contribution in [3.63, 3.8) is 0 Å². The van der Waals surface area contributed by atoms with Crippen LogP contribution in [0, 0.1) is 20.2 Å². The number of para-hydroxylation sites is 1. The number of carboxylic acid groups (broad SMARTS) is 1. The number of aliphatic carboxylic acids is 1. The number of nitrogens with zero attached hydrogens (tertiary/aromatic N) is 2. The Morgan fingerprint density at radius 2 is 1.91 bits per heavy atom. The molecule has 0 fully saturated rings. The predicted octanol–water partition coefficient (Wildman–Crippen LogP) is 1.04. The average Bonchev–Trinajstić information content (AvgIpc) is 2.50. The maximum Gasteiger partial charge on any atom is 0.320 e. The summed E-state index contributed by atoms with van der Waals surface area (Å²) in [6.07, 6.45) is -0.491. The first-order chi connectivity index (χ1) is 10.9. The van der Waals surface area contributed by atoms with Crippen molar-refractivity contribution in [1.29, 1.82) is 0 Å². The van der Waals surface area contributed by atoms with Gasteiger partial charge in [0.2, 0.25) is 0 Å². The van der Waals surface area contributed by atoms with Crippen LogP contribution in [-0.4, -0.2) is 33.5 Å². The summed E-state index contributed by atoms with van der Waals surface area (Å²) in [5.41, 5.74) is 4.71. The predicted molar refractivity (Wildman–Crippen MR) is 80.3 cm³/mol. The second-order valence-corrected chi connectivity index (χ2v) is 4.85. The lowest BCUT2D eigenvalue weighted by atomic mass is 10.1. The van der Waals surface area contributed by atoms with Crippen molar-refractivity contribution in [3.8, 4) is 0 Å². The zero-order chi connectivity index (χ0) is 17.4. The van der Waals surface area contributed by atoms with Gasteiger partial charge in [-0.3, -0.25) is 25.0 Å². The largest absolute Gasteiger partial charge is 0.480 e. The fraction of sp³-hybridized carbons (Fsp3) is 0.462. The first-order valence-electron chi connectivity index (χ1n) is 6.94. The summed E-state index contributed by atoms with van der Waals surface area (Å²) >= 11 is 0. The van der Waals surface area contributed by atoms with Crippen LogP contribution in [-0.2, 0) is 4.79 Å². The molecule has 4 N–H and O–H groups in total. The second-order valence-electron chi connectivity index (χ2n) is 4.85. The van der Waals surface area contributed by atoms with Crippen LogP contribution in [0.15, 0.2) is 24.3 Å². The summed E-state index contributed by atoms with van der Waals surface area (Å²) < 4.78 is 0. The van der Waals surface area contributed by atoms with Gasteiger partial charge in [-0.25, -0.2) is 5.32 Å². The van der Waals surface area contributed by atoms with E-state index in [1.807, 2.05) is 0 Å². The van der Waals surface area contributed by atoms with Crippen molar-refractivity contribution in [1.82, 2.24) is 5.32 Å². The van der Waals surface area contributed by atoms with Crippen LogP contribution < -0.4 is 11.1 Å². The number of nitrogens with one attached hydrogen (secondary N) is 1. The van der Waals surface area contributed by atoms with E-state index in [9.17, 15) is 30.1 Å². The molecule has 2 atom stereocenters. The summed E-state index contributed by atoms with van der Waals surface area (Å²) in [5.74, 6) is -1.26. The fourth-order valence-electron chi connectivity index (χ4n) is 2.11. The monoisotopic (exact) mass is 326 g/mol. The molecule has 23 heavy (non-hydrogen) atoms. The lowest BCUT2D eigenvalue weighted by molar-refractivity contribution is -0.538. The standard InChI is InChI=1S/C13H18N4O6/c14-8-4-3-6-10(13(18)19)15-12(17(22)23)9-5-1-2-7-11(9)16(20)21/h1-2,5,7,10,12,15H,3-4,6,8,14H2,(H,18,19). The van der Waals surface area contributed by atoms with E-state index in [2.05, 4.69) is 5.32 Å². The Morgan fingerprint density at radius 3 is 2.43 bits per heavy atom. The summed E-state index contributed by atoms with van der Waals surface area (Å²) in [5, 5.41) is 33.8. The molecule has 10 nitrogen and oxygen atoms in total. The van der Waals surface area contributed by atoms with Crippen molar-refractivity contribution >= 4 is 11.7 Å². The first kappa shape index (κ1) is 18.5. The molecular weight excluding hydrogens is 308 g/mol. The average molecular weight is 326 g/mol. The molecule has 0 saturated carbocycles. The zero-order valence-electron chi connectivity index (χ0n) is 12.3. The normalized spacial score (nSPS) is 13.3. The second kappa shape index (κ2) is 8.76. The Labute approximate surface area is 131 Å². The maximum absolute atomic E-state index is 11.3. The van der Waals surface area contributed by atoms with E-state index >= 15 is 0 Å². The Bertz CT molecular complexity index is 579. The van der Waals surface area contributed by atoms with Gasteiger partial charge >= 0.3 is 5.97 Å². The minimum atomic E-state index is -1.68. The molecule has 0 amide bonds. The van der Waals surface area contributed by atoms with Gasteiger partial charge in [0, 0.05) is 11.0 Å². The van der Waals surface area contributed by atoms with E-state index in [-0.39, 0.29) is 12.0 Å². The SMILES string of the molecule is NCCCCC(NC(c1ccccc1[N+](=O)[O-])[N+](=O)[O-])C(=O)O. The number of nitro benzene ring substituents is 1. The minimum Gasteiger partial charge on any atom is -0.480 e. The van der Waals surface area contributed by atoms with Crippen LogP contribution in [0.5, 0.6) is 0 Å². The molecule has 1 aromatic carbocycles. The van der Waals surface area contributed by atoms with Crippen molar-refractivity contribution < 1.29 is 19.7 Å². The van der Waals surface area contributed by atoms with Crippen LogP contribution >= 0.6 is 0 Å². The van der Waals surface area contributed by atoms with E-state index in [1.165, 1.54) is 18.2 Å². The molecule has 0 bridgehead atoms. The molecule has 0 spiro atoms. The third-order valence-corrected chi connectivity index (χ3v) is 3.24. The Hall–Kier alpha value is -2.59. The lowest BCUT2D eigenvalue weighted by Gasteiger charge is -2.17.